The molecule has 5 rings (SSSR count). The molecule has 3 aromatic rings. The van der Waals surface area contributed by atoms with Crippen molar-refractivity contribution in [3.8, 4) is 40.2 Å². The fourth-order valence-electron chi connectivity index (χ4n) is 4.13. The maximum absolute atomic E-state index is 12.8. The molecule has 10 heteroatoms. The Labute approximate surface area is 200 Å². The van der Waals surface area contributed by atoms with Crippen LogP contribution in [0.5, 0.6) is 40.2 Å². The predicted octanol–water partition coefficient (Wildman–Crippen LogP) is 2.36. The molecule has 0 radical (unpaired) electrons. The molecule has 0 unspecified atom stereocenters. The van der Waals surface area contributed by atoms with E-state index in [9.17, 15) is 30.3 Å². The van der Waals surface area contributed by atoms with Crippen LogP contribution in [-0.4, -0.2) is 57.2 Å². The number of rotatable bonds is 4. The van der Waals surface area contributed by atoms with Crippen molar-refractivity contribution in [2.45, 2.75) is 24.4 Å². The molecule has 0 saturated heterocycles. The van der Waals surface area contributed by atoms with Crippen LogP contribution in [0.4, 0.5) is 0 Å². The summed E-state index contributed by atoms with van der Waals surface area (Å²) in [4.78, 5) is 12.8. The molecule has 5 N–H and O–H groups in total. The molecule has 2 heterocycles. The second-order valence-electron chi connectivity index (χ2n) is 8.03. The van der Waals surface area contributed by atoms with Crippen LogP contribution in [0.3, 0.4) is 0 Å². The highest BCUT2D eigenvalue weighted by Crippen LogP contribution is 2.45. The van der Waals surface area contributed by atoms with E-state index in [1.54, 1.807) is 0 Å². The van der Waals surface area contributed by atoms with Gasteiger partial charge < -0.3 is 44.5 Å². The lowest BCUT2D eigenvalue weighted by atomic mass is 9.92. The highest BCUT2D eigenvalue weighted by molar-refractivity contribution is 6.05. The standard InChI is InChI=1S/C25H22O10/c1-32-17-6-11(2-4-14(17)28)24-20(10-26)33-16-5-3-12(7-18(16)34-24)25-23(31)22(30)21-15(29)8-13(27)9-19(21)35-25/h2-9,20,23-29,31H,10H2,1H3/t20-,23+,24-,25-/m1/s1/i24D. The summed E-state index contributed by atoms with van der Waals surface area (Å²) >= 11 is 0. The second-order valence-corrected chi connectivity index (χ2v) is 8.03. The molecule has 35 heavy (non-hydrogen) atoms. The number of hydrogen-bond acceptors (Lipinski definition) is 10. The maximum Gasteiger partial charge on any atom is 0.202 e. The smallest absolute Gasteiger partial charge is 0.202 e. The first-order valence-corrected chi connectivity index (χ1v) is 10.6. The number of Topliss-reactive ketones (excluding diaryl/α,β-unsaturated/α-hetero) is 1. The zero-order valence-electron chi connectivity index (χ0n) is 19.3. The fourth-order valence-corrected chi connectivity index (χ4v) is 4.13. The van der Waals surface area contributed by atoms with Crippen molar-refractivity contribution >= 4 is 5.78 Å². The topological polar surface area (TPSA) is 155 Å². The van der Waals surface area contributed by atoms with Crippen molar-refractivity contribution in [3.63, 3.8) is 0 Å². The first-order valence-electron chi connectivity index (χ1n) is 11.1. The summed E-state index contributed by atoms with van der Waals surface area (Å²) in [5.41, 5.74) is 0.280. The number of hydrogen-bond donors (Lipinski definition) is 5. The summed E-state index contributed by atoms with van der Waals surface area (Å²) in [5.74, 6) is -1.50. The highest BCUT2D eigenvalue weighted by atomic mass is 16.6. The third kappa shape index (κ3) is 3.82. The fraction of sp³-hybridized carbons (Fsp3) is 0.240. The molecule has 0 aliphatic carbocycles. The lowest BCUT2D eigenvalue weighted by Crippen LogP contribution is -2.37. The molecule has 0 saturated carbocycles. The van der Waals surface area contributed by atoms with Gasteiger partial charge >= 0.3 is 0 Å². The number of ketones is 1. The van der Waals surface area contributed by atoms with E-state index in [2.05, 4.69) is 0 Å². The van der Waals surface area contributed by atoms with Gasteiger partial charge in [0.15, 0.2) is 47.4 Å². The predicted molar refractivity (Wildman–Crippen MR) is 119 cm³/mol. The van der Waals surface area contributed by atoms with Crippen LogP contribution in [-0.2, 0) is 0 Å². The van der Waals surface area contributed by atoms with Gasteiger partial charge in [0.1, 0.15) is 22.8 Å². The number of carbonyl (C=O) groups excluding carboxylic acids is 1. The van der Waals surface area contributed by atoms with Crippen molar-refractivity contribution in [3.05, 3.63) is 65.2 Å². The molecule has 182 valence electrons. The highest BCUT2D eigenvalue weighted by Gasteiger charge is 2.40. The summed E-state index contributed by atoms with van der Waals surface area (Å²) in [6.07, 6.45) is -5.98. The summed E-state index contributed by atoms with van der Waals surface area (Å²) in [6.45, 7) is -0.559. The quantitative estimate of drug-likeness (QED) is 0.373. The van der Waals surface area contributed by atoms with Gasteiger partial charge in [-0.15, -0.1) is 0 Å². The number of benzene rings is 3. The average molecular weight is 483 g/mol. The molecule has 4 atom stereocenters. The number of aliphatic hydroxyl groups excluding tert-OH is 2. The first kappa shape index (κ1) is 21.4. The minimum absolute atomic E-state index is 0.0760. The molecular weight excluding hydrogens is 460 g/mol. The van der Waals surface area contributed by atoms with Gasteiger partial charge in [0.25, 0.3) is 0 Å². The van der Waals surface area contributed by atoms with Gasteiger partial charge in [-0.05, 0) is 29.8 Å². The number of aliphatic hydroxyl groups is 2. The monoisotopic (exact) mass is 483 g/mol. The Balaban J connectivity index is 1.53. The lowest BCUT2D eigenvalue weighted by molar-refractivity contribution is -0.0130. The minimum atomic E-state index is -1.95. The van der Waals surface area contributed by atoms with E-state index >= 15 is 0 Å². The third-order valence-corrected chi connectivity index (χ3v) is 5.83. The van der Waals surface area contributed by atoms with Crippen LogP contribution in [0.15, 0.2) is 48.5 Å². The van der Waals surface area contributed by atoms with Crippen molar-refractivity contribution in [2.24, 2.45) is 0 Å². The lowest BCUT2D eigenvalue weighted by Gasteiger charge is -2.35. The zero-order chi connectivity index (χ0) is 25.8. The third-order valence-electron chi connectivity index (χ3n) is 5.83. The summed E-state index contributed by atoms with van der Waals surface area (Å²) in [7, 11) is 1.35. The molecule has 0 bridgehead atoms. The largest absolute Gasteiger partial charge is 0.508 e. The maximum atomic E-state index is 12.8. The first-order chi connectivity index (χ1) is 17.2. The van der Waals surface area contributed by atoms with Crippen molar-refractivity contribution < 1.29 is 50.6 Å². The van der Waals surface area contributed by atoms with Crippen LogP contribution in [0.25, 0.3) is 0 Å². The van der Waals surface area contributed by atoms with Crippen molar-refractivity contribution in [1.29, 1.82) is 0 Å². The molecule has 2 aliphatic heterocycles. The number of phenols is 3. The van der Waals surface area contributed by atoms with Crippen LogP contribution in [0.1, 0.15) is 35.0 Å². The summed E-state index contributed by atoms with van der Waals surface area (Å²) in [5, 5.41) is 50.3. The van der Waals surface area contributed by atoms with Crippen LogP contribution < -0.4 is 18.9 Å². The van der Waals surface area contributed by atoms with E-state index in [4.69, 9.17) is 20.3 Å². The van der Waals surface area contributed by atoms with Gasteiger partial charge in [-0.25, -0.2) is 0 Å². The molecule has 0 amide bonds. The van der Waals surface area contributed by atoms with Gasteiger partial charge in [0.2, 0.25) is 5.78 Å². The summed E-state index contributed by atoms with van der Waals surface area (Å²) in [6, 6.07) is 10.7. The Hall–Kier alpha value is -4.15. The second kappa shape index (κ2) is 8.57. The van der Waals surface area contributed by atoms with E-state index in [0.717, 1.165) is 12.1 Å². The SMILES string of the molecule is [2H][C@]1(c2ccc(O)c(OC)c2)Oc2cc([C@H]3Oc4cc(O)cc(O)c4C(=O)[C@@H]3O)ccc2O[C@@H]1CO. The van der Waals surface area contributed by atoms with Gasteiger partial charge in [-0.3, -0.25) is 4.79 Å². The Morgan fingerprint density at radius 1 is 0.914 bits per heavy atom. The summed E-state index contributed by atoms with van der Waals surface area (Å²) < 4.78 is 31.7. The van der Waals surface area contributed by atoms with Gasteiger partial charge in [0, 0.05) is 17.7 Å². The number of fused-ring (bicyclic) bond motifs is 2. The number of methoxy groups -OCH3 is 1. The Morgan fingerprint density at radius 3 is 2.43 bits per heavy atom. The molecule has 10 nitrogen and oxygen atoms in total. The number of phenolic OH excluding ortho intramolecular Hbond substituents is 3. The number of ether oxygens (including phenoxy) is 4. The Bertz CT molecular complexity index is 1360. The van der Waals surface area contributed by atoms with E-state index in [1.165, 1.54) is 43.5 Å². The Morgan fingerprint density at radius 2 is 1.69 bits per heavy atom. The number of carbonyl (C=O) groups is 1. The van der Waals surface area contributed by atoms with Crippen molar-refractivity contribution in [1.82, 2.24) is 0 Å². The van der Waals surface area contributed by atoms with E-state index in [0.29, 0.717) is 5.56 Å². The van der Waals surface area contributed by atoms with Crippen LogP contribution in [0.2, 0.25) is 0 Å². The van der Waals surface area contributed by atoms with Gasteiger partial charge in [-0.2, -0.15) is 0 Å². The normalized spacial score (nSPS) is 25.3. The molecule has 2 aliphatic rings. The number of aromatic hydroxyl groups is 3. The molecule has 0 spiro atoms. The minimum Gasteiger partial charge on any atom is -0.508 e. The van der Waals surface area contributed by atoms with Crippen LogP contribution in [0, 0.1) is 0 Å². The average Bonchev–Trinajstić information content (AvgIpc) is 2.85. The molecule has 0 aromatic heterocycles. The van der Waals surface area contributed by atoms with E-state index < -0.39 is 42.5 Å². The van der Waals surface area contributed by atoms with E-state index in [1.807, 2.05) is 0 Å². The molecule has 0 fully saturated rings. The Kier molecular flexibility index (Phi) is 5.24. The van der Waals surface area contributed by atoms with Gasteiger partial charge in [-0.1, -0.05) is 12.1 Å². The van der Waals surface area contributed by atoms with Crippen molar-refractivity contribution in [2.75, 3.05) is 13.7 Å². The van der Waals surface area contributed by atoms with Gasteiger partial charge in [0.05, 0.1) is 15.1 Å². The van der Waals surface area contributed by atoms with Crippen LogP contribution >= 0.6 is 0 Å². The van der Waals surface area contributed by atoms with E-state index in [-0.39, 0.29) is 45.6 Å². The molecular formula is C25H22O10. The molecule has 3 aromatic carbocycles. The zero-order valence-corrected chi connectivity index (χ0v) is 18.3.